The minimum absolute atomic E-state index is 0.310. The minimum Gasteiger partial charge on any atom is -0.491 e. The van der Waals surface area contributed by atoms with E-state index in [4.69, 9.17) is 4.74 Å². The first-order valence-electron chi connectivity index (χ1n) is 8.74. The van der Waals surface area contributed by atoms with Gasteiger partial charge in [0.2, 0.25) is 0 Å². The van der Waals surface area contributed by atoms with Crippen LogP contribution >= 0.6 is 0 Å². The van der Waals surface area contributed by atoms with E-state index in [2.05, 4.69) is 49.9 Å². The van der Waals surface area contributed by atoms with Crippen LogP contribution in [-0.2, 0) is 6.54 Å². The third-order valence-electron chi connectivity index (χ3n) is 4.31. The highest BCUT2D eigenvalue weighted by Gasteiger charge is 2.17. The zero-order chi connectivity index (χ0) is 17.4. The molecule has 2 rings (SSSR count). The Labute approximate surface area is 145 Å². The maximum atomic E-state index is 10.4. The van der Waals surface area contributed by atoms with Gasteiger partial charge in [0.05, 0.1) is 0 Å². The summed E-state index contributed by atoms with van der Waals surface area (Å²) in [5.74, 6) is 0.797. The van der Waals surface area contributed by atoms with Crippen molar-refractivity contribution in [1.82, 2.24) is 4.90 Å². The van der Waals surface area contributed by atoms with Gasteiger partial charge in [-0.25, -0.2) is 0 Å². The summed E-state index contributed by atoms with van der Waals surface area (Å²) in [6, 6.07) is 18.6. The van der Waals surface area contributed by atoms with Crippen molar-refractivity contribution in [3.63, 3.8) is 0 Å². The fourth-order valence-corrected chi connectivity index (χ4v) is 2.74. The van der Waals surface area contributed by atoms with Gasteiger partial charge in [-0.05, 0) is 38.0 Å². The maximum Gasteiger partial charge on any atom is 0.119 e. The Bertz CT molecular complexity index is 600. The van der Waals surface area contributed by atoms with E-state index < -0.39 is 6.10 Å². The largest absolute Gasteiger partial charge is 0.491 e. The summed E-state index contributed by atoms with van der Waals surface area (Å²) >= 11 is 0. The van der Waals surface area contributed by atoms with Crippen LogP contribution in [0.25, 0.3) is 0 Å². The highest BCUT2D eigenvalue weighted by atomic mass is 16.5. The lowest BCUT2D eigenvalue weighted by atomic mass is 10.1. The number of hydrogen-bond acceptors (Lipinski definition) is 3. The first-order valence-corrected chi connectivity index (χ1v) is 8.74. The van der Waals surface area contributed by atoms with Gasteiger partial charge < -0.3 is 9.84 Å². The molecule has 0 aliphatic carbocycles. The second-order valence-corrected chi connectivity index (χ2v) is 6.45. The van der Waals surface area contributed by atoms with Gasteiger partial charge >= 0.3 is 0 Å². The van der Waals surface area contributed by atoms with Crippen molar-refractivity contribution in [2.45, 2.75) is 45.9 Å². The number of aliphatic hydroxyl groups excluding tert-OH is 1. The lowest BCUT2D eigenvalue weighted by Crippen LogP contribution is -2.40. The van der Waals surface area contributed by atoms with Gasteiger partial charge in [-0.3, -0.25) is 4.90 Å². The van der Waals surface area contributed by atoms with Crippen LogP contribution in [0.2, 0.25) is 0 Å². The molecule has 0 amide bonds. The second-order valence-electron chi connectivity index (χ2n) is 6.45. The molecule has 0 saturated heterocycles. The Balaban J connectivity index is 1.92. The normalized spacial score (nSPS) is 13.7. The first-order chi connectivity index (χ1) is 11.6. The van der Waals surface area contributed by atoms with Gasteiger partial charge in [-0.15, -0.1) is 0 Å². The Morgan fingerprint density at radius 2 is 1.83 bits per heavy atom. The van der Waals surface area contributed by atoms with Gasteiger partial charge in [0.1, 0.15) is 18.5 Å². The number of para-hydroxylation sites is 1. The first kappa shape index (κ1) is 18.5. The van der Waals surface area contributed by atoms with E-state index in [0.29, 0.717) is 19.2 Å². The highest BCUT2D eigenvalue weighted by molar-refractivity contribution is 5.22. The molecule has 0 fully saturated rings. The summed E-state index contributed by atoms with van der Waals surface area (Å²) in [5, 5.41) is 10.4. The monoisotopic (exact) mass is 327 g/mol. The molecular weight excluding hydrogens is 298 g/mol. The van der Waals surface area contributed by atoms with Crippen LogP contribution in [0.5, 0.6) is 5.75 Å². The number of aliphatic hydroxyl groups is 1. The Kier molecular flexibility index (Phi) is 7.29. The van der Waals surface area contributed by atoms with Crippen LogP contribution in [0.15, 0.2) is 54.6 Å². The van der Waals surface area contributed by atoms with Gasteiger partial charge in [-0.1, -0.05) is 55.0 Å². The van der Waals surface area contributed by atoms with Crippen LogP contribution in [0.3, 0.4) is 0 Å². The third kappa shape index (κ3) is 5.99. The molecule has 1 N–H and O–H groups in total. The van der Waals surface area contributed by atoms with E-state index in [1.165, 1.54) is 11.1 Å². The molecule has 0 heterocycles. The third-order valence-corrected chi connectivity index (χ3v) is 4.31. The van der Waals surface area contributed by atoms with E-state index in [0.717, 1.165) is 18.7 Å². The molecule has 0 aromatic heterocycles. The summed E-state index contributed by atoms with van der Waals surface area (Å²) in [5.41, 5.74) is 2.55. The molecule has 0 saturated carbocycles. The van der Waals surface area contributed by atoms with Crippen molar-refractivity contribution in [2.75, 3.05) is 13.2 Å². The molecule has 2 atom stereocenters. The summed E-state index contributed by atoms with van der Waals surface area (Å²) < 4.78 is 5.67. The molecule has 24 heavy (non-hydrogen) atoms. The molecule has 3 heteroatoms. The van der Waals surface area contributed by atoms with Gasteiger partial charge in [0, 0.05) is 19.1 Å². The van der Waals surface area contributed by atoms with E-state index >= 15 is 0 Å². The summed E-state index contributed by atoms with van der Waals surface area (Å²) in [6.07, 6.45) is 0.543. The number of rotatable bonds is 9. The molecule has 130 valence electrons. The average Bonchev–Trinajstić information content (AvgIpc) is 2.59. The van der Waals surface area contributed by atoms with Gasteiger partial charge in [0.15, 0.2) is 0 Å². The van der Waals surface area contributed by atoms with Crippen molar-refractivity contribution >= 4 is 0 Å². The number of benzene rings is 2. The molecule has 0 aliphatic rings. The molecule has 0 spiro atoms. The van der Waals surface area contributed by atoms with Crippen molar-refractivity contribution in [3.8, 4) is 5.75 Å². The molecule has 0 aliphatic heterocycles. The molecule has 2 aromatic carbocycles. The van der Waals surface area contributed by atoms with E-state index in [-0.39, 0.29) is 0 Å². The number of nitrogens with zero attached hydrogens (tertiary/aromatic N) is 1. The number of ether oxygens (including phenoxy) is 1. The Morgan fingerprint density at radius 1 is 1.08 bits per heavy atom. The lowest BCUT2D eigenvalue weighted by Gasteiger charge is -2.30. The lowest BCUT2D eigenvalue weighted by molar-refractivity contribution is 0.0506. The summed E-state index contributed by atoms with van der Waals surface area (Å²) in [6.45, 7) is 8.26. The Morgan fingerprint density at radius 3 is 2.50 bits per heavy atom. The van der Waals surface area contributed by atoms with Crippen molar-refractivity contribution in [3.05, 3.63) is 65.7 Å². The topological polar surface area (TPSA) is 32.7 Å². The van der Waals surface area contributed by atoms with Crippen LogP contribution in [-0.4, -0.2) is 35.3 Å². The van der Waals surface area contributed by atoms with Crippen LogP contribution in [0.4, 0.5) is 0 Å². The fourth-order valence-electron chi connectivity index (χ4n) is 2.74. The molecule has 0 radical (unpaired) electrons. The molecule has 0 bridgehead atoms. The van der Waals surface area contributed by atoms with E-state index in [9.17, 15) is 5.11 Å². The summed E-state index contributed by atoms with van der Waals surface area (Å²) in [7, 11) is 0. The number of hydrogen-bond donors (Lipinski definition) is 1. The summed E-state index contributed by atoms with van der Waals surface area (Å²) in [4.78, 5) is 2.33. The van der Waals surface area contributed by atoms with Crippen molar-refractivity contribution in [2.24, 2.45) is 0 Å². The van der Waals surface area contributed by atoms with Crippen molar-refractivity contribution in [1.29, 1.82) is 0 Å². The fraction of sp³-hybridized carbons (Fsp3) is 0.429. The maximum absolute atomic E-state index is 10.4. The van der Waals surface area contributed by atoms with E-state index in [1.54, 1.807) is 0 Å². The Hall–Kier alpha value is -1.84. The predicted octanol–water partition coefficient (Wildman–Crippen LogP) is 4.04. The standard InChI is InChI=1S/C21H29NO2/c1-4-18(3)22(14-19-10-8-9-17(2)13-19)15-20(23)16-24-21-11-6-5-7-12-21/h5-13,18,20,23H,4,14-16H2,1-3H3. The van der Waals surface area contributed by atoms with Gasteiger partial charge in [-0.2, -0.15) is 0 Å². The second kappa shape index (κ2) is 9.45. The molecule has 3 nitrogen and oxygen atoms in total. The molecule has 2 unspecified atom stereocenters. The SMILES string of the molecule is CCC(C)N(Cc1cccc(C)c1)CC(O)COc1ccccc1. The van der Waals surface area contributed by atoms with Gasteiger partial charge in [0.25, 0.3) is 0 Å². The number of aryl methyl sites for hydroxylation is 1. The average molecular weight is 327 g/mol. The van der Waals surface area contributed by atoms with E-state index in [1.807, 2.05) is 30.3 Å². The van der Waals surface area contributed by atoms with Crippen LogP contribution < -0.4 is 4.74 Å². The molecular formula is C21H29NO2. The zero-order valence-electron chi connectivity index (χ0n) is 15.0. The zero-order valence-corrected chi connectivity index (χ0v) is 15.0. The predicted molar refractivity (Wildman–Crippen MR) is 99.3 cm³/mol. The van der Waals surface area contributed by atoms with Crippen molar-refractivity contribution < 1.29 is 9.84 Å². The quantitative estimate of drug-likeness (QED) is 0.754. The molecule has 2 aromatic rings. The van der Waals surface area contributed by atoms with Crippen LogP contribution in [0.1, 0.15) is 31.4 Å². The van der Waals surface area contributed by atoms with Crippen LogP contribution in [0, 0.1) is 6.92 Å². The smallest absolute Gasteiger partial charge is 0.119 e. The highest BCUT2D eigenvalue weighted by Crippen LogP contribution is 2.14. The minimum atomic E-state index is -0.510.